The van der Waals surface area contributed by atoms with Crippen molar-refractivity contribution in [2.45, 2.75) is 58.0 Å². The number of nitrogens with zero attached hydrogens (tertiary/aromatic N) is 1. The Balaban J connectivity index is 1.60. The average Bonchev–Trinajstić information content (AvgIpc) is 3.30. The van der Waals surface area contributed by atoms with Crippen LogP contribution in [0, 0.1) is 6.92 Å². The van der Waals surface area contributed by atoms with Gasteiger partial charge in [0.2, 0.25) is 5.91 Å². The molecule has 1 aliphatic carbocycles. The lowest BCUT2D eigenvalue weighted by Crippen LogP contribution is -2.39. The van der Waals surface area contributed by atoms with Crippen LogP contribution in [0.2, 0.25) is 0 Å². The Kier molecular flexibility index (Phi) is 6.15. The molecule has 2 aromatic heterocycles. The highest BCUT2D eigenvalue weighted by Gasteiger charge is 2.22. The summed E-state index contributed by atoms with van der Waals surface area (Å²) in [4.78, 5) is 26.8. The molecule has 0 aliphatic heterocycles. The highest BCUT2D eigenvalue weighted by molar-refractivity contribution is 5.95. The van der Waals surface area contributed by atoms with Gasteiger partial charge in [0.15, 0.2) is 0 Å². The third-order valence-electron chi connectivity index (χ3n) is 4.88. The molecule has 0 aromatic carbocycles. The molecule has 2 aromatic rings. The second kappa shape index (κ2) is 8.74. The van der Waals surface area contributed by atoms with Gasteiger partial charge in [-0.05, 0) is 38.0 Å². The van der Waals surface area contributed by atoms with Crippen LogP contribution in [0.15, 0.2) is 39.6 Å². The number of rotatable bonds is 7. The molecule has 26 heavy (non-hydrogen) atoms. The van der Waals surface area contributed by atoms with E-state index in [4.69, 9.17) is 8.83 Å². The zero-order chi connectivity index (χ0) is 18.4. The van der Waals surface area contributed by atoms with Crippen LogP contribution in [0.5, 0.6) is 0 Å². The van der Waals surface area contributed by atoms with E-state index in [9.17, 15) is 9.59 Å². The van der Waals surface area contributed by atoms with Crippen LogP contribution in [-0.2, 0) is 11.3 Å². The quantitative estimate of drug-likeness (QED) is 0.819. The van der Waals surface area contributed by atoms with Crippen molar-refractivity contribution in [2.24, 2.45) is 0 Å². The molecule has 0 spiro atoms. The Hall–Kier alpha value is -2.50. The fourth-order valence-corrected chi connectivity index (χ4v) is 3.40. The van der Waals surface area contributed by atoms with Gasteiger partial charge in [-0.1, -0.05) is 19.3 Å². The predicted molar refractivity (Wildman–Crippen MR) is 96.5 cm³/mol. The third kappa shape index (κ3) is 4.77. The Morgan fingerprint density at radius 1 is 1.15 bits per heavy atom. The maximum Gasteiger partial charge on any atom is 0.257 e. The maximum absolute atomic E-state index is 12.8. The molecule has 0 saturated heterocycles. The number of carbonyl (C=O) groups excluding carboxylic acids is 2. The summed E-state index contributed by atoms with van der Waals surface area (Å²) in [5.41, 5.74) is 0.518. The molecule has 1 fully saturated rings. The standard InChI is InChI=1S/C20H26N2O4/c1-15-18(10-13-25-15)20(24)22(14-17-8-5-12-26-17)11-9-19(23)21-16-6-3-2-4-7-16/h5,8,10,12-13,16H,2-4,6-7,9,11,14H2,1H3,(H,21,23). The molecular weight excluding hydrogens is 332 g/mol. The van der Waals surface area contributed by atoms with Crippen molar-refractivity contribution in [3.8, 4) is 0 Å². The van der Waals surface area contributed by atoms with E-state index in [0.717, 1.165) is 12.8 Å². The molecule has 2 amide bonds. The average molecular weight is 358 g/mol. The lowest BCUT2D eigenvalue weighted by molar-refractivity contribution is -0.122. The predicted octanol–water partition coefficient (Wildman–Crippen LogP) is 3.66. The van der Waals surface area contributed by atoms with Crippen LogP contribution >= 0.6 is 0 Å². The number of aryl methyl sites for hydroxylation is 1. The largest absolute Gasteiger partial charge is 0.469 e. The third-order valence-corrected chi connectivity index (χ3v) is 4.88. The maximum atomic E-state index is 12.8. The molecule has 1 saturated carbocycles. The first-order valence-corrected chi connectivity index (χ1v) is 9.28. The summed E-state index contributed by atoms with van der Waals surface area (Å²) < 4.78 is 10.6. The second-order valence-corrected chi connectivity index (χ2v) is 6.85. The molecule has 6 heteroatoms. The lowest BCUT2D eigenvalue weighted by Gasteiger charge is -2.24. The minimum atomic E-state index is -0.155. The van der Waals surface area contributed by atoms with Gasteiger partial charge in [-0.25, -0.2) is 0 Å². The van der Waals surface area contributed by atoms with Crippen molar-refractivity contribution in [1.82, 2.24) is 10.2 Å². The van der Waals surface area contributed by atoms with Gasteiger partial charge in [-0.3, -0.25) is 9.59 Å². The van der Waals surface area contributed by atoms with Crippen molar-refractivity contribution in [2.75, 3.05) is 6.54 Å². The molecule has 2 heterocycles. The fourth-order valence-electron chi connectivity index (χ4n) is 3.40. The molecule has 140 valence electrons. The SMILES string of the molecule is Cc1occc1C(=O)N(CCC(=O)NC1CCCCC1)Cc1ccco1. The molecule has 3 rings (SSSR count). The van der Waals surface area contributed by atoms with E-state index in [2.05, 4.69) is 5.32 Å². The zero-order valence-corrected chi connectivity index (χ0v) is 15.2. The van der Waals surface area contributed by atoms with Crippen molar-refractivity contribution < 1.29 is 18.4 Å². The summed E-state index contributed by atoms with van der Waals surface area (Å²) in [7, 11) is 0. The normalized spacial score (nSPS) is 15.0. The lowest BCUT2D eigenvalue weighted by atomic mass is 9.95. The van der Waals surface area contributed by atoms with Crippen LogP contribution in [0.3, 0.4) is 0 Å². The summed E-state index contributed by atoms with van der Waals surface area (Å²) in [5.74, 6) is 1.11. The van der Waals surface area contributed by atoms with E-state index >= 15 is 0 Å². The van der Waals surface area contributed by atoms with E-state index in [1.165, 1.54) is 25.5 Å². The first-order chi connectivity index (χ1) is 12.6. The minimum Gasteiger partial charge on any atom is -0.469 e. The molecule has 6 nitrogen and oxygen atoms in total. The molecule has 0 atom stereocenters. The van der Waals surface area contributed by atoms with Gasteiger partial charge in [0.05, 0.1) is 24.6 Å². The smallest absolute Gasteiger partial charge is 0.257 e. The van der Waals surface area contributed by atoms with Gasteiger partial charge in [0, 0.05) is 19.0 Å². The van der Waals surface area contributed by atoms with Crippen LogP contribution < -0.4 is 5.32 Å². The molecule has 0 bridgehead atoms. The van der Waals surface area contributed by atoms with E-state index in [1.807, 2.05) is 6.07 Å². The first-order valence-electron chi connectivity index (χ1n) is 9.28. The first kappa shape index (κ1) is 18.3. The Morgan fingerprint density at radius 3 is 2.62 bits per heavy atom. The number of carbonyl (C=O) groups is 2. The van der Waals surface area contributed by atoms with Crippen molar-refractivity contribution in [1.29, 1.82) is 0 Å². The van der Waals surface area contributed by atoms with Gasteiger partial charge < -0.3 is 19.1 Å². The number of furan rings is 2. The van der Waals surface area contributed by atoms with Gasteiger partial charge in [-0.15, -0.1) is 0 Å². The highest BCUT2D eigenvalue weighted by Crippen LogP contribution is 2.18. The summed E-state index contributed by atoms with van der Waals surface area (Å²) in [6.45, 7) is 2.42. The summed E-state index contributed by atoms with van der Waals surface area (Å²) in [6.07, 6.45) is 9.06. The van der Waals surface area contributed by atoms with Gasteiger partial charge in [-0.2, -0.15) is 0 Å². The van der Waals surface area contributed by atoms with Gasteiger partial charge >= 0.3 is 0 Å². The van der Waals surface area contributed by atoms with E-state index < -0.39 is 0 Å². The number of nitrogens with one attached hydrogen (secondary N) is 1. The van der Waals surface area contributed by atoms with Gasteiger partial charge in [0.1, 0.15) is 11.5 Å². The molecule has 1 aliphatic rings. The fraction of sp³-hybridized carbons (Fsp3) is 0.500. The molecular formula is C20H26N2O4. The summed E-state index contributed by atoms with van der Waals surface area (Å²) in [6, 6.07) is 5.55. The van der Waals surface area contributed by atoms with Crippen LogP contribution in [0.25, 0.3) is 0 Å². The molecule has 0 radical (unpaired) electrons. The highest BCUT2D eigenvalue weighted by atomic mass is 16.3. The Morgan fingerprint density at radius 2 is 1.96 bits per heavy atom. The van der Waals surface area contributed by atoms with E-state index in [0.29, 0.717) is 30.2 Å². The summed E-state index contributed by atoms with van der Waals surface area (Å²) in [5, 5.41) is 3.10. The Bertz CT molecular complexity index is 714. The number of amides is 2. The van der Waals surface area contributed by atoms with E-state index in [1.54, 1.807) is 30.2 Å². The summed E-state index contributed by atoms with van der Waals surface area (Å²) >= 11 is 0. The van der Waals surface area contributed by atoms with Crippen molar-refractivity contribution >= 4 is 11.8 Å². The second-order valence-electron chi connectivity index (χ2n) is 6.85. The topological polar surface area (TPSA) is 75.7 Å². The monoisotopic (exact) mass is 358 g/mol. The van der Waals surface area contributed by atoms with Gasteiger partial charge in [0.25, 0.3) is 5.91 Å². The van der Waals surface area contributed by atoms with Crippen LogP contribution in [0.4, 0.5) is 0 Å². The van der Waals surface area contributed by atoms with Crippen molar-refractivity contribution in [3.05, 3.63) is 47.8 Å². The number of hydrogen-bond acceptors (Lipinski definition) is 4. The number of hydrogen-bond donors (Lipinski definition) is 1. The molecule has 0 unspecified atom stereocenters. The Labute approximate surface area is 153 Å². The zero-order valence-electron chi connectivity index (χ0n) is 15.2. The minimum absolute atomic E-state index is 0.00180. The van der Waals surface area contributed by atoms with Crippen LogP contribution in [0.1, 0.15) is 60.4 Å². The molecule has 1 N–H and O–H groups in total. The van der Waals surface area contributed by atoms with E-state index in [-0.39, 0.29) is 24.3 Å². The van der Waals surface area contributed by atoms with Crippen molar-refractivity contribution in [3.63, 3.8) is 0 Å². The van der Waals surface area contributed by atoms with Crippen LogP contribution in [-0.4, -0.2) is 29.3 Å².